The molecule has 1 amide bonds. The molecule has 0 saturated heterocycles. The van der Waals surface area contributed by atoms with E-state index in [-0.39, 0.29) is 6.61 Å². The number of carbonyl (C=O) groups excluding carboxylic acids is 1. The van der Waals surface area contributed by atoms with Crippen LogP contribution in [0.2, 0.25) is 0 Å². The van der Waals surface area contributed by atoms with Gasteiger partial charge in [0, 0.05) is 12.7 Å². The summed E-state index contributed by atoms with van der Waals surface area (Å²) in [5.74, 6) is 0. The molecule has 9 heteroatoms. The molecule has 7 nitrogen and oxygen atoms in total. The van der Waals surface area contributed by atoms with Crippen molar-refractivity contribution in [1.82, 2.24) is 9.29 Å². The molecule has 0 radical (unpaired) electrons. The summed E-state index contributed by atoms with van der Waals surface area (Å²) in [5, 5.41) is 4.14. The van der Waals surface area contributed by atoms with Crippen molar-refractivity contribution in [1.29, 1.82) is 0 Å². The van der Waals surface area contributed by atoms with Gasteiger partial charge in [0.15, 0.2) is 0 Å². The van der Waals surface area contributed by atoms with E-state index in [1.807, 2.05) is 19.1 Å². The summed E-state index contributed by atoms with van der Waals surface area (Å²) < 4.78 is 17.7. The number of aryl methyl sites for hydroxylation is 1. The Morgan fingerprint density at radius 3 is 2.86 bits per heavy atom. The zero-order chi connectivity index (χ0) is 15.8. The standard InChI is InChI=1S/C12H17N3O4S2/c1-9-6-5-7-11(13-9)8-18-21(17)15(3)12(16)19-14-10(2)20-4/h5-7H,8H2,1-4H3/b14-10+. The van der Waals surface area contributed by atoms with E-state index in [0.29, 0.717) is 10.7 Å². The molecule has 0 aliphatic heterocycles. The lowest BCUT2D eigenvalue weighted by molar-refractivity contribution is 0.132. The van der Waals surface area contributed by atoms with Gasteiger partial charge in [-0.15, -0.1) is 11.8 Å². The van der Waals surface area contributed by atoms with Gasteiger partial charge in [0.1, 0.15) is 11.7 Å². The first-order valence-electron chi connectivity index (χ1n) is 5.95. The molecule has 116 valence electrons. The van der Waals surface area contributed by atoms with Crippen molar-refractivity contribution in [3.8, 4) is 0 Å². The normalized spacial score (nSPS) is 12.9. The first kappa shape index (κ1) is 17.6. The van der Waals surface area contributed by atoms with Crippen LogP contribution in [0.1, 0.15) is 18.3 Å². The fraction of sp³-hybridized carbons (Fsp3) is 0.417. The highest BCUT2D eigenvalue weighted by Crippen LogP contribution is 2.05. The Morgan fingerprint density at radius 1 is 1.52 bits per heavy atom. The van der Waals surface area contributed by atoms with E-state index in [1.165, 1.54) is 18.8 Å². The minimum atomic E-state index is -1.98. The second-order valence-corrected chi connectivity index (χ2v) is 6.14. The van der Waals surface area contributed by atoms with Crippen molar-refractivity contribution in [3.63, 3.8) is 0 Å². The van der Waals surface area contributed by atoms with E-state index < -0.39 is 17.4 Å². The first-order chi connectivity index (χ1) is 9.93. The van der Waals surface area contributed by atoms with Crippen LogP contribution in [0.5, 0.6) is 0 Å². The Balaban J connectivity index is 2.49. The highest BCUT2D eigenvalue weighted by atomic mass is 32.2. The average molecular weight is 331 g/mol. The monoisotopic (exact) mass is 331 g/mol. The molecule has 0 N–H and O–H groups in total. The van der Waals surface area contributed by atoms with Crippen LogP contribution in [-0.4, -0.2) is 37.9 Å². The quantitative estimate of drug-likeness (QED) is 0.356. The van der Waals surface area contributed by atoms with Crippen molar-refractivity contribution in [2.24, 2.45) is 5.16 Å². The van der Waals surface area contributed by atoms with Gasteiger partial charge in [0.05, 0.1) is 5.69 Å². The van der Waals surface area contributed by atoms with Crippen molar-refractivity contribution in [2.75, 3.05) is 13.3 Å². The van der Waals surface area contributed by atoms with E-state index >= 15 is 0 Å². The molecule has 0 bridgehead atoms. The third-order valence-corrected chi connectivity index (χ3v) is 3.86. The number of pyridine rings is 1. The van der Waals surface area contributed by atoms with E-state index in [9.17, 15) is 9.00 Å². The topological polar surface area (TPSA) is 81.1 Å². The average Bonchev–Trinajstić information content (AvgIpc) is 2.49. The second kappa shape index (κ2) is 8.75. The molecular weight excluding hydrogens is 314 g/mol. The second-order valence-electron chi connectivity index (χ2n) is 3.92. The molecule has 0 aromatic carbocycles. The van der Waals surface area contributed by atoms with Crippen LogP contribution in [0.4, 0.5) is 4.79 Å². The van der Waals surface area contributed by atoms with Gasteiger partial charge < -0.3 is 0 Å². The van der Waals surface area contributed by atoms with Crippen LogP contribution in [0.15, 0.2) is 23.4 Å². The smallest absolute Gasteiger partial charge is 0.296 e. The molecule has 1 unspecified atom stereocenters. The van der Waals surface area contributed by atoms with E-state index in [1.54, 1.807) is 19.2 Å². The molecule has 1 atom stereocenters. The van der Waals surface area contributed by atoms with Crippen molar-refractivity contribution < 1.29 is 18.0 Å². The molecular formula is C12H17N3O4S2. The van der Waals surface area contributed by atoms with Crippen LogP contribution in [0.25, 0.3) is 0 Å². The lowest BCUT2D eigenvalue weighted by Crippen LogP contribution is -2.29. The number of thioether (sulfide) groups is 1. The van der Waals surface area contributed by atoms with Crippen LogP contribution >= 0.6 is 11.8 Å². The summed E-state index contributed by atoms with van der Waals surface area (Å²) in [6.07, 6.45) is 0.936. The lowest BCUT2D eigenvalue weighted by atomic mass is 10.3. The number of amides is 1. The number of hydrogen-bond acceptors (Lipinski definition) is 7. The molecule has 0 aliphatic carbocycles. The van der Waals surface area contributed by atoms with Gasteiger partial charge in [-0.1, -0.05) is 11.2 Å². The summed E-state index contributed by atoms with van der Waals surface area (Å²) in [4.78, 5) is 20.4. The summed E-state index contributed by atoms with van der Waals surface area (Å²) in [6, 6.07) is 5.41. The molecule has 0 spiro atoms. The van der Waals surface area contributed by atoms with Crippen LogP contribution in [0, 0.1) is 6.92 Å². The minimum absolute atomic E-state index is 0.0268. The Morgan fingerprint density at radius 2 is 2.24 bits per heavy atom. The fourth-order valence-corrected chi connectivity index (χ4v) is 1.78. The third kappa shape index (κ3) is 6.23. The van der Waals surface area contributed by atoms with Gasteiger partial charge in [-0.2, -0.15) is 0 Å². The van der Waals surface area contributed by atoms with Gasteiger partial charge >= 0.3 is 6.09 Å². The first-order valence-corrected chi connectivity index (χ1v) is 8.20. The Kier molecular flexibility index (Phi) is 7.34. The van der Waals surface area contributed by atoms with Gasteiger partial charge in [0.2, 0.25) is 0 Å². The largest absolute Gasteiger partial charge is 0.449 e. The number of oxime groups is 1. The number of rotatable bonds is 5. The highest BCUT2D eigenvalue weighted by Gasteiger charge is 2.18. The molecule has 0 fully saturated rings. The predicted molar refractivity (Wildman–Crippen MR) is 82.8 cm³/mol. The van der Waals surface area contributed by atoms with Crippen molar-refractivity contribution in [3.05, 3.63) is 29.6 Å². The molecule has 1 heterocycles. The van der Waals surface area contributed by atoms with Gasteiger partial charge in [-0.3, -0.25) is 14.0 Å². The SMILES string of the molecule is CS/C(C)=N/OC(=O)N(C)S(=O)OCc1cccc(C)n1. The number of hydrogen-bond donors (Lipinski definition) is 0. The lowest BCUT2D eigenvalue weighted by Gasteiger charge is -2.13. The minimum Gasteiger partial charge on any atom is -0.296 e. The summed E-state index contributed by atoms with van der Waals surface area (Å²) in [5.41, 5.74) is 1.46. The van der Waals surface area contributed by atoms with Crippen LogP contribution in [0.3, 0.4) is 0 Å². The van der Waals surface area contributed by atoms with Crippen LogP contribution in [-0.2, 0) is 26.9 Å². The van der Waals surface area contributed by atoms with Crippen molar-refractivity contribution in [2.45, 2.75) is 20.5 Å². The summed E-state index contributed by atoms with van der Waals surface area (Å²) in [7, 11) is 1.30. The zero-order valence-corrected chi connectivity index (χ0v) is 13.9. The molecule has 0 saturated carbocycles. The number of nitrogens with zero attached hydrogens (tertiary/aromatic N) is 3. The van der Waals surface area contributed by atoms with Gasteiger partial charge in [0.25, 0.3) is 11.3 Å². The Labute approximate surface area is 130 Å². The number of aromatic nitrogens is 1. The van der Waals surface area contributed by atoms with E-state index in [2.05, 4.69) is 15.0 Å². The van der Waals surface area contributed by atoms with Gasteiger partial charge in [-0.05, 0) is 32.2 Å². The maximum Gasteiger partial charge on any atom is 0.449 e. The van der Waals surface area contributed by atoms with E-state index in [4.69, 9.17) is 4.18 Å². The maximum atomic E-state index is 11.8. The Hall–Kier alpha value is -1.45. The molecule has 0 aliphatic rings. The summed E-state index contributed by atoms with van der Waals surface area (Å²) >= 11 is -0.641. The molecule has 1 aromatic heterocycles. The summed E-state index contributed by atoms with van der Waals surface area (Å²) in [6.45, 7) is 3.56. The van der Waals surface area contributed by atoms with Crippen LogP contribution < -0.4 is 0 Å². The predicted octanol–water partition coefficient (Wildman–Crippen LogP) is 2.25. The molecule has 1 aromatic rings. The van der Waals surface area contributed by atoms with Gasteiger partial charge in [-0.25, -0.2) is 13.3 Å². The number of carbonyl (C=O) groups is 1. The Bertz CT molecular complexity index is 551. The highest BCUT2D eigenvalue weighted by molar-refractivity contribution is 8.13. The van der Waals surface area contributed by atoms with E-state index in [0.717, 1.165) is 10.00 Å². The maximum absolute atomic E-state index is 11.8. The fourth-order valence-electron chi connectivity index (χ4n) is 1.13. The zero-order valence-electron chi connectivity index (χ0n) is 12.2. The molecule has 1 rings (SSSR count). The third-order valence-electron chi connectivity index (χ3n) is 2.28. The molecule has 21 heavy (non-hydrogen) atoms. The van der Waals surface area contributed by atoms with Crippen molar-refractivity contribution >= 4 is 34.2 Å².